The highest BCUT2D eigenvalue weighted by molar-refractivity contribution is 5.78. The van der Waals surface area contributed by atoms with Gasteiger partial charge < -0.3 is 14.9 Å². The monoisotopic (exact) mass is 298 g/mol. The van der Waals surface area contributed by atoms with Crippen molar-refractivity contribution in [3.8, 4) is 0 Å². The van der Waals surface area contributed by atoms with Crippen LogP contribution in [0, 0.1) is 5.41 Å². The largest absolute Gasteiger partial charge is 0.481 e. The van der Waals surface area contributed by atoms with Crippen molar-refractivity contribution in [3.05, 3.63) is 0 Å². The maximum absolute atomic E-state index is 12.3. The molecule has 5 heteroatoms. The number of carbonyl (C=O) groups is 2. The van der Waals surface area contributed by atoms with Gasteiger partial charge in [0.05, 0.1) is 6.42 Å². The summed E-state index contributed by atoms with van der Waals surface area (Å²) in [5.41, 5.74) is -0.474. The Kier molecular flexibility index (Phi) is 6.65. The fourth-order valence-corrected chi connectivity index (χ4v) is 3.21. The Morgan fingerprint density at radius 2 is 1.67 bits per heavy atom. The number of hydrogen-bond donors (Lipinski definition) is 1. The van der Waals surface area contributed by atoms with Gasteiger partial charge in [0, 0.05) is 25.6 Å². The van der Waals surface area contributed by atoms with Gasteiger partial charge in [0.15, 0.2) is 0 Å². The van der Waals surface area contributed by atoms with Crippen LogP contribution in [0.5, 0.6) is 0 Å². The van der Waals surface area contributed by atoms with Crippen molar-refractivity contribution in [2.75, 3.05) is 26.2 Å². The maximum atomic E-state index is 12.3. The molecule has 0 aromatic heterocycles. The predicted octanol–water partition coefficient (Wildman–Crippen LogP) is 2.21. The number of hydrogen-bond acceptors (Lipinski definition) is 3. The number of carboxylic acids is 1. The third kappa shape index (κ3) is 5.65. The van der Waals surface area contributed by atoms with Gasteiger partial charge >= 0.3 is 5.97 Å². The van der Waals surface area contributed by atoms with E-state index < -0.39 is 11.4 Å². The summed E-state index contributed by atoms with van der Waals surface area (Å²) in [4.78, 5) is 27.5. The first-order valence-corrected chi connectivity index (χ1v) is 8.02. The Bertz CT molecular complexity index is 357. The molecule has 1 N–H and O–H groups in total. The maximum Gasteiger partial charge on any atom is 0.303 e. The molecule has 0 radical (unpaired) electrons. The van der Waals surface area contributed by atoms with Gasteiger partial charge in [0.2, 0.25) is 5.91 Å². The molecule has 0 bridgehead atoms. The van der Waals surface area contributed by atoms with Crippen LogP contribution in [0.15, 0.2) is 0 Å². The molecule has 0 aromatic carbocycles. The zero-order chi connectivity index (χ0) is 16.0. The van der Waals surface area contributed by atoms with Crippen LogP contribution in [-0.4, -0.2) is 59.0 Å². The molecule has 1 aliphatic rings. The molecule has 1 aliphatic heterocycles. The van der Waals surface area contributed by atoms with E-state index >= 15 is 0 Å². The summed E-state index contributed by atoms with van der Waals surface area (Å²) >= 11 is 0. The molecule has 1 rings (SSSR count). The summed E-state index contributed by atoms with van der Waals surface area (Å²) in [6, 6.07) is 0.580. The Hall–Kier alpha value is -1.10. The van der Waals surface area contributed by atoms with Crippen molar-refractivity contribution in [1.82, 2.24) is 9.80 Å². The molecule has 0 saturated carbocycles. The van der Waals surface area contributed by atoms with Gasteiger partial charge in [-0.05, 0) is 31.3 Å². The second-order valence-electron chi connectivity index (χ2n) is 6.74. The molecule has 1 fully saturated rings. The van der Waals surface area contributed by atoms with E-state index in [4.69, 9.17) is 5.11 Å². The van der Waals surface area contributed by atoms with Crippen LogP contribution in [0.1, 0.15) is 53.4 Å². The average Bonchev–Trinajstić information content (AvgIpc) is 2.38. The SMILES string of the molecule is CCN(CC)C1CCN(C(=O)CC(C)(C)CC(=O)O)CC1. The molecule has 5 nitrogen and oxygen atoms in total. The Labute approximate surface area is 128 Å². The first-order chi connectivity index (χ1) is 9.79. The summed E-state index contributed by atoms with van der Waals surface area (Å²) in [6.45, 7) is 11.8. The number of rotatable bonds is 7. The van der Waals surface area contributed by atoms with Gasteiger partial charge in [-0.3, -0.25) is 9.59 Å². The molecular formula is C16H30N2O3. The molecule has 0 unspecified atom stereocenters. The summed E-state index contributed by atoms with van der Waals surface area (Å²) < 4.78 is 0. The smallest absolute Gasteiger partial charge is 0.303 e. The summed E-state index contributed by atoms with van der Waals surface area (Å²) in [5.74, 6) is -0.743. The highest BCUT2D eigenvalue weighted by atomic mass is 16.4. The summed E-state index contributed by atoms with van der Waals surface area (Å²) in [7, 11) is 0. The third-order valence-electron chi connectivity index (χ3n) is 4.41. The first-order valence-electron chi connectivity index (χ1n) is 8.02. The molecular weight excluding hydrogens is 268 g/mol. The number of piperidine rings is 1. The normalized spacial score (nSPS) is 17.3. The molecule has 1 saturated heterocycles. The van der Waals surface area contributed by atoms with E-state index in [1.807, 2.05) is 18.7 Å². The molecule has 0 atom stereocenters. The lowest BCUT2D eigenvalue weighted by molar-refractivity contribution is -0.141. The van der Waals surface area contributed by atoms with E-state index in [0.29, 0.717) is 12.5 Å². The molecule has 0 aromatic rings. The standard InChI is InChI=1S/C16H30N2O3/c1-5-17(6-2)13-7-9-18(10-8-13)14(19)11-16(3,4)12-15(20)21/h13H,5-12H2,1-4H3,(H,20,21). The lowest BCUT2D eigenvalue weighted by Crippen LogP contribution is -2.47. The topological polar surface area (TPSA) is 60.9 Å². The minimum atomic E-state index is -0.840. The van der Waals surface area contributed by atoms with E-state index in [9.17, 15) is 9.59 Å². The van der Waals surface area contributed by atoms with Crippen LogP contribution in [0.4, 0.5) is 0 Å². The molecule has 0 aliphatic carbocycles. The van der Waals surface area contributed by atoms with Crippen LogP contribution in [0.3, 0.4) is 0 Å². The van der Waals surface area contributed by atoms with Gasteiger partial charge in [-0.2, -0.15) is 0 Å². The number of carboxylic acid groups (broad SMARTS) is 1. The van der Waals surface area contributed by atoms with E-state index in [2.05, 4.69) is 18.7 Å². The number of likely N-dealkylation sites (tertiary alicyclic amines) is 1. The fourth-order valence-electron chi connectivity index (χ4n) is 3.21. The van der Waals surface area contributed by atoms with Crippen molar-refractivity contribution in [2.45, 2.75) is 59.4 Å². The second kappa shape index (κ2) is 7.78. The minimum Gasteiger partial charge on any atom is -0.481 e. The van der Waals surface area contributed by atoms with Gasteiger partial charge in [-0.15, -0.1) is 0 Å². The fraction of sp³-hybridized carbons (Fsp3) is 0.875. The zero-order valence-corrected chi connectivity index (χ0v) is 13.9. The van der Waals surface area contributed by atoms with Crippen LogP contribution >= 0.6 is 0 Å². The van der Waals surface area contributed by atoms with Crippen LogP contribution < -0.4 is 0 Å². The summed E-state index contributed by atoms with van der Waals surface area (Å²) in [5, 5.41) is 8.89. The van der Waals surface area contributed by atoms with Crippen LogP contribution in [0.25, 0.3) is 0 Å². The molecule has 122 valence electrons. The summed E-state index contributed by atoms with van der Waals surface area (Å²) in [6.07, 6.45) is 2.39. The lowest BCUT2D eigenvalue weighted by Gasteiger charge is -2.38. The highest BCUT2D eigenvalue weighted by Gasteiger charge is 2.30. The van der Waals surface area contributed by atoms with Crippen molar-refractivity contribution in [3.63, 3.8) is 0 Å². The van der Waals surface area contributed by atoms with Crippen molar-refractivity contribution >= 4 is 11.9 Å². The zero-order valence-electron chi connectivity index (χ0n) is 13.9. The first kappa shape index (κ1) is 18.0. The van der Waals surface area contributed by atoms with Gasteiger partial charge in [0.1, 0.15) is 0 Å². The lowest BCUT2D eigenvalue weighted by atomic mass is 9.85. The molecule has 1 amide bonds. The van der Waals surface area contributed by atoms with E-state index in [1.165, 1.54) is 0 Å². The van der Waals surface area contributed by atoms with Gasteiger partial charge in [-0.25, -0.2) is 0 Å². The van der Waals surface area contributed by atoms with Crippen LogP contribution in [-0.2, 0) is 9.59 Å². The Morgan fingerprint density at radius 3 is 2.10 bits per heavy atom. The van der Waals surface area contributed by atoms with Gasteiger partial charge in [0.25, 0.3) is 0 Å². The van der Waals surface area contributed by atoms with Gasteiger partial charge in [-0.1, -0.05) is 27.7 Å². The second-order valence-corrected chi connectivity index (χ2v) is 6.74. The molecule has 21 heavy (non-hydrogen) atoms. The van der Waals surface area contributed by atoms with E-state index in [0.717, 1.165) is 39.0 Å². The average molecular weight is 298 g/mol. The van der Waals surface area contributed by atoms with Crippen molar-refractivity contribution in [2.24, 2.45) is 5.41 Å². The Morgan fingerprint density at radius 1 is 1.14 bits per heavy atom. The number of aliphatic carboxylic acids is 1. The number of nitrogens with zero attached hydrogens (tertiary/aromatic N) is 2. The van der Waals surface area contributed by atoms with Crippen molar-refractivity contribution in [1.29, 1.82) is 0 Å². The van der Waals surface area contributed by atoms with Crippen LogP contribution in [0.2, 0.25) is 0 Å². The van der Waals surface area contributed by atoms with E-state index in [-0.39, 0.29) is 12.3 Å². The number of amides is 1. The highest BCUT2D eigenvalue weighted by Crippen LogP contribution is 2.27. The van der Waals surface area contributed by atoms with E-state index in [1.54, 1.807) is 0 Å². The van der Waals surface area contributed by atoms with Crippen molar-refractivity contribution < 1.29 is 14.7 Å². The number of carbonyl (C=O) groups excluding carboxylic acids is 1. The molecule has 0 spiro atoms. The Balaban J connectivity index is 2.47. The molecule has 1 heterocycles. The predicted molar refractivity (Wildman–Crippen MR) is 83.2 cm³/mol. The third-order valence-corrected chi connectivity index (χ3v) is 4.41. The minimum absolute atomic E-state index is 0.0364. The quantitative estimate of drug-likeness (QED) is 0.783.